The van der Waals surface area contributed by atoms with Crippen LogP contribution in [-0.2, 0) is 6.42 Å². The Hall–Kier alpha value is -3.21. The van der Waals surface area contributed by atoms with E-state index < -0.39 is 0 Å². The van der Waals surface area contributed by atoms with E-state index in [-0.39, 0.29) is 5.56 Å². The van der Waals surface area contributed by atoms with Crippen LogP contribution in [0.2, 0.25) is 0 Å². The lowest BCUT2D eigenvalue weighted by Gasteiger charge is -2.00. The molecule has 0 aliphatic carbocycles. The van der Waals surface area contributed by atoms with E-state index in [1.165, 1.54) is 4.68 Å². The summed E-state index contributed by atoms with van der Waals surface area (Å²) >= 11 is 0. The first kappa shape index (κ1) is 15.7. The second kappa shape index (κ2) is 6.91. The van der Waals surface area contributed by atoms with Gasteiger partial charge in [-0.3, -0.25) is 9.89 Å². The molecule has 2 aromatic carbocycles. The van der Waals surface area contributed by atoms with Gasteiger partial charge >= 0.3 is 0 Å². The van der Waals surface area contributed by atoms with E-state index in [0.717, 1.165) is 16.9 Å². The quantitative estimate of drug-likeness (QED) is 0.541. The zero-order chi connectivity index (χ0) is 16.9. The number of hydrogen-bond donors (Lipinski definition) is 1. The number of H-pyrrole nitrogens is 1. The molecule has 0 amide bonds. The average Bonchev–Trinajstić information content (AvgIpc) is 2.89. The molecule has 0 aliphatic heterocycles. The Balaban J connectivity index is 1.99. The molecule has 0 saturated heterocycles. The van der Waals surface area contributed by atoms with E-state index in [2.05, 4.69) is 21.9 Å². The minimum atomic E-state index is -0.219. The van der Waals surface area contributed by atoms with Crippen LogP contribution in [0, 0.1) is 6.92 Å². The molecule has 3 aromatic rings. The van der Waals surface area contributed by atoms with Gasteiger partial charge in [0.2, 0.25) is 0 Å². The molecule has 0 aliphatic rings. The smallest absolute Gasteiger partial charge is 0.293 e. The maximum atomic E-state index is 12.6. The van der Waals surface area contributed by atoms with Crippen LogP contribution in [0.1, 0.15) is 11.3 Å². The van der Waals surface area contributed by atoms with Crippen molar-refractivity contribution in [2.24, 2.45) is 10.2 Å². The number of aromatic amines is 1. The predicted octanol–water partition coefficient (Wildman–Crippen LogP) is 4.62. The molecule has 3 rings (SSSR count). The van der Waals surface area contributed by atoms with Gasteiger partial charge in [-0.15, -0.1) is 11.7 Å². The van der Waals surface area contributed by atoms with Crippen LogP contribution in [0.4, 0.5) is 11.4 Å². The van der Waals surface area contributed by atoms with Crippen LogP contribution in [0.3, 0.4) is 0 Å². The van der Waals surface area contributed by atoms with Crippen LogP contribution >= 0.6 is 0 Å². The van der Waals surface area contributed by atoms with Crippen LogP contribution in [0.25, 0.3) is 5.69 Å². The molecule has 0 saturated carbocycles. The second-order valence-corrected chi connectivity index (χ2v) is 5.38. The van der Waals surface area contributed by atoms with Crippen molar-refractivity contribution in [1.82, 2.24) is 9.78 Å². The number of hydrogen-bond acceptors (Lipinski definition) is 3. The van der Waals surface area contributed by atoms with Gasteiger partial charge < -0.3 is 0 Å². The van der Waals surface area contributed by atoms with Crippen LogP contribution < -0.4 is 5.56 Å². The number of benzene rings is 2. The summed E-state index contributed by atoms with van der Waals surface area (Å²) in [6.45, 7) is 5.56. The van der Waals surface area contributed by atoms with Crippen molar-refractivity contribution >= 4 is 11.4 Å². The van der Waals surface area contributed by atoms with Gasteiger partial charge in [-0.05, 0) is 37.1 Å². The van der Waals surface area contributed by atoms with Crippen molar-refractivity contribution in [3.05, 3.63) is 88.9 Å². The summed E-state index contributed by atoms with van der Waals surface area (Å²) < 4.78 is 1.47. The van der Waals surface area contributed by atoms with Gasteiger partial charge in [-0.25, -0.2) is 4.68 Å². The number of aryl methyl sites for hydroxylation is 1. The lowest BCUT2D eigenvalue weighted by Crippen LogP contribution is -2.13. The molecule has 0 bridgehead atoms. The summed E-state index contributed by atoms with van der Waals surface area (Å²) in [6, 6.07) is 17.1. The fraction of sp³-hybridized carbons (Fsp3) is 0.105. The molecule has 120 valence electrons. The number of azo groups is 1. The zero-order valence-electron chi connectivity index (χ0n) is 13.4. The number of nitrogens with one attached hydrogen (secondary N) is 1. The SMILES string of the molecule is C=CCc1ccccc1/N=N/c1c(C)[nH]n(-c2ccccc2)c1=O. The minimum absolute atomic E-state index is 0.219. The third-order valence-corrected chi connectivity index (χ3v) is 3.67. The van der Waals surface area contributed by atoms with Crippen LogP contribution in [0.15, 0.2) is 82.3 Å². The molecule has 24 heavy (non-hydrogen) atoms. The molecule has 5 nitrogen and oxygen atoms in total. The van der Waals surface area contributed by atoms with Crippen molar-refractivity contribution in [2.45, 2.75) is 13.3 Å². The highest BCUT2D eigenvalue weighted by molar-refractivity contribution is 5.48. The highest BCUT2D eigenvalue weighted by Gasteiger charge is 2.12. The number of nitrogens with zero attached hydrogens (tertiary/aromatic N) is 3. The molecule has 0 spiro atoms. The predicted molar refractivity (Wildman–Crippen MR) is 95.6 cm³/mol. The summed E-state index contributed by atoms with van der Waals surface area (Å²) in [5.74, 6) is 0. The normalized spacial score (nSPS) is 11.0. The van der Waals surface area contributed by atoms with Crippen molar-refractivity contribution in [3.8, 4) is 5.69 Å². The third kappa shape index (κ3) is 3.10. The van der Waals surface area contributed by atoms with Gasteiger partial charge in [0.25, 0.3) is 5.56 Å². The summed E-state index contributed by atoms with van der Waals surface area (Å²) in [6.07, 6.45) is 2.52. The average molecular weight is 318 g/mol. The molecule has 0 fully saturated rings. The highest BCUT2D eigenvalue weighted by Crippen LogP contribution is 2.23. The largest absolute Gasteiger partial charge is 0.299 e. The van der Waals surface area contributed by atoms with Crippen molar-refractivity contribution in [2.75, 3.05) is 0 Å². The van der Waals surface area contributed by atoms with Gasteiger partial charge in [-0.1, -0.05) is 42.5 Å². The zero-order valence-corrected chi connectivity index (χ0v) is 13.4. The maximum Gasteiger partial charge on any atom is 0.299 e. The van der Waals surface area contributed by atoms with Crippen molar-refractivity contribution < 1.29 is 0 Å². The van der Waals surface area contributed by atoms with Crippen molar-refractivity contribution in [1.29, 1.82) is 0 Å². The van der Waals surface area contributed by atoms with Gasteiger partial charge in [0.1, 0.15) is 0 Å². The molecule has 1 N–H and O–H groups in total. The third-order valence-electron chi connectivity index (χ3n) is 3.67. The number of para-hydroxylation sites is 1. The number of rotatable bonds is 5. The second-order valence-electron chi connectivity index (χ2n) is 5.38. The van der Waals surface area contributed by atoms with E-state index >= 15 is 0 Å². The van der Waals surface area contributed by atoms with Gasteiger partial charge in [0, 0.05) is 0 Å². The van der Waals surface area contributed by atoms with E-state index in [4.69, 9.17) is 0 Å². The number of aromatic nitrogens is 2. The van der Waals surface area contributed by atoms with Crippen LogP contribution in [0.5, 0.6) is 0 Å². The lowest BCUT2D eigenvalue weighted by molar-refractivity contribution is 0.835. The van der Waals surface area contributed by atoms with Gasteiger partial charge in [0.05, 0.1) is 17.1 Å². The summed E-state index contributed by atoms with van der Waals surface area (Å²) in [5, 5.41) is 11.5. The molecule has 0 atom stereocenters. The standard InChI is InChI=1S/C19H18N4O/c1-3-9-15-10-7-8-13-17(15)20-21-18-14(2)22-23(19(18)24)16-11-5-4-6-12-16/h3-8,10-13,22H,1,9H2,2H3/b21-20+. The number of allylic oxidation sites excluding steroid dienone is 1. The van der Waals surface area contributed by atoms with Crippen LogP contribution in [-0.4, -0.2) is 9.78 Å². The Morgan fingerprint density at radius 3 is 2.54 bits per heavy atom. The monoisotopic (exact) mass is 318 g/mol. The maximum absolute atomic E-state index is 12.6. The van der Waals surface area contributed by atoms with Gasteiger partial charge in [0.15, 0.2) is 5.69 Å². The molecule has 5 heteroatoms. The fourth-order valence-corrected chi connectivity index (χ4v) is 2.45. The molecular weight excluding hydrogens is 300 g/mol. The summed E-state index contributed by atoms with van der Waals surface area (Å²) in [7, 11) is 0. The molecule has 1 aromatic heterocycles. The molecular formula is C19H18N4O. The topological polar surface area (TPSA) is 62.5 Å². The minimum Gasteiger partial charge on any atom is -0.293 e. The Morgan fingerprint density at radius 1 is 1.08 bits per heavy atom. The Kier molecular flexibility index (Phi) is 4.52. The van der Waals surface area contributed by atoms with Gasteiger partial charge in [-0.2, -0.15) is 5.11 Å². The Morgan fingerprint density at radius 2 is 1.79 bits per heavy atom. The molecule has 0 unspecified atom stereocenters. The highest BCUT2D eigenvalue weighted by atomic mass is 16.1. The molecule has 1 heterocycles. The summed E-state index contributed by atoms with van der Waals surface area (Å²) in [4.78, 5) is 12.6. The van der Waals surface area contributed by atoms with E-state index in [9.17, 15) is 4.79 Å². The van der Waals surface area contributed by atoms with Crippen molar-refractivity contribution in [3.63, 3.8) is 0 Å². The van der Waals surface area contributed by atoms with E-state index in [1.807, 2.05) is 67.6 Å². The van der Waals surface area contributed by atoms with E-state index in [0.29, 0.717) is 17.8 Å². The van der Waals surface area contributed by atoms with E-state index in [1.54, 1.807) is 0 Å². The Labute approximate surface area is 140 Å². The fourth-order valence-electron chi connectivity index (χ4n) is 2.45. The Bertz CT molecular complexity index is 936. The summed E-state index contributed by atoms with van der Waals surface area (Å²) in [5.41, 5.74) is 3.29. The first-order chi connectivity index (χ1) is 11.7. The lowest BCUT2D eigenvalue weighted by atomic mass is 10.1. The first-order valence-electron chi connectivity index (χ1n) is 7.68. The first-order valence-corrected chi connectivity index (χ1v) is 7.68. The molecule has 0 radical (unpaired) electrons.